The summed E-state index contributed by atoms with van der Waals surface area (Å²) in [4.78, 5) is 2.48. The van der Waals surface area contributed by atoms with Crippen LogP contribution in [0.5, 0.6) is 0 Å². The van der Waals surface area contributed by atoms with Crippen molar-refractivity contribution in [1.82, 2.24) is 4.90 Å². The first kappa shape index (κ1) is 12.5. The Balaban J connectivity index is 1.43. The van der Waals surface area contributed by atoms with E-state index in [4.69, 9.17) is 0 Å². The first-order valence-electron chi connectivity index (χ1n) is 7.66. The lowest BCUT2D eigenvalue weighted by molar-refractivity contribution is 0.395. The van der Waals surface area contributed by atoms with Crippen molar-refractivity contribution < 1.29 is 0 Å². The predicted octanol–water partition coefficient (Wildman–Crippen LogP) is 4.46. The van der Waals surface area contributed by atoms with Gasteiger partial charge in [-0.3, -0.25) is 0 Å². The summed E-state index contributed by atoms with van der Waals surface area (Å²) in [7, 11) is 0. The van der Waals surface area contributed by atoms with Crippen molar-refractivity contribution in [3.63, 3.8) is 0 Å². The lowest BCUT2D eigenvalue weighted by Crippen LogP contribution is -2.23. The average Bonchev–Trinajstić information content (AvgIpc) is 3.37. The maximum absolute atomic E-state index is 2.48. The molecule has 1 heteroatoms. The largest absolute Gasteiger partial charge is 0.370 e. The number of nitrogens with zero attached hydrogens (tertiary/aromatic N) is 1. The van der Waals surface area contributed by atoms with Crippen LogP contribution in [-0.4, -0.2) is 17.5 Å². The fourth-order valence-corrected chi connectivity index (χ4v) is 3.21. The molecule has 2 atom stereocenters. The molecule has 2 aromatic carbocycles. The monoisotopic (exact) mass is 273 g/mol. The minimum atomic E-state index is 0.678. The summed E-state index contributed by atoms with van der Waals surface area (Å²) in [5, 5.41) is 0. The van der Waals surface area contributed by atoms with Crippen LogP contribution >= 0.6 is 0 Å². The summed E-state index contributed by atoms with van der Waals surface area (Å²) in [6.45, 7) is 1.02. The van der Waals surface area contributed by atoms with Gasteiger partial charge in [-0.25, -0.2) is 0 Å². The lowest BCUT2D eigenvalue weighted by atomic mass is 10.0. The Morgan fingerprint density at radius 3 is 2.24 bits per heavy atom. The zero-order valence-electron chi connectivity index (χ0n) is 12.0. The van der Waals surface area contributed by atoms with Crippen LogP contribution in [0.25, 0.3) is 5.57 Å². The van der Waals surface area contributed by atoms with E-state index in [1.54, 1.807) is 0 Å². The predicted molar refractivity (Wildman–Crippen MR) is 87.9 cm³/mol. The standard InChI is InChI=1S/C20H19N/c1-3-7-16(8-4-1)17-11-13-21(14-12-17)20-15-19(20)18-9-5-2-6-10-18/h1-13,19-20H,14-15H2. The Kier molecular flexibility index (Phi) is 3.11. The van der Waals surface area contributed by atoms with Crippen LogP contribution < -0.4 is 0 Å². The van der Waals surface area contributed by atoms with Crippen molar-refractivity contribution in [2.45, 2.75) is 18.4 Å². The average molecular weight is 273 g/mol. The van der Waals surface area contributed by atoms with E-state index in [0.29, 0.717) is 12.0 Å². The van der Waals surface area contributed by atoms with Crippen LogP contribution in [0, 0.1) is 0 Å². The number of hydrogen-bond acceptors (Lipinski definition) is 1. The van der Waals surface area contributed by atoms with Gasteiger partial charge >= 0.3 is 0 Å². The maximum Gasteiger partial charge on any atom is 0.0366 e. The SMILES string of the molecule is C1=CN(C2CC2c2ccccc2)CC=C1c1ccccc1. The third-order valence-corrected chi connectivity index (χ3v) is 4.49. The Hall–Kier alpha value is -2.28. The van der Waals surface area contributed by atoms with Gasteiger partial charge in [0.1, 0.15) is 0 Å². The van der Waals surface area contributed by atoms with Gasteiger partial charge in [0.15, 0.2) is 0 Å². The van der Waals surface area contributed by atoms with Crippen LogP contribution in [0.2, 0.25) is 0 Å². The number of rotatable bonds is 3. The van der Waals surface area contributed by atoms with Crippen molar-refractivity contribution in [3.05, 3.63) is 90.1 Å². The highest BCUT2D eigenvalue weighted by atomic mass is 15.2. The number of hydrogen-bond donors (Lipinski definition) is 0. The molecule has 0 N–H and O–H groups in total. The zero-order valence-corrected chi connectivity index (χ0v) is 12.0. The van der Waals surface area contributed by atoms with Crippen molar-refractivity contribution in [2.75, 3.05) is 6.54 Å². The van der Waals surface area contributed by atoms with Gasteiger partial charge in [-0.2, -0.15) is 0 Å². The van der Waals surface area contributed by atoms with Crippen LogP contribution in [-0.2, 0) is 0 Å². The highest BCUT2D eigenvalue weighted by molar-refractivity contribution is 5.74. The fourth-order valence-electron chi connectivity index (χ4n) is 3.21. The lowest BCUT2D eigenvalue weighted by Gasteiger charge is -2.23. The smallest absolute Gasteiger partial charge is 0.0366 e. The molecular weight excluding hydrogens is 254 g/mol. The van der Waals surface area contributed by atoms with Crippen molar-refractivity contribution in [1.29, 1.82) is 0 Å². The van der Waals surface area contributed by atoms with E-state index in [0.717, 1.165) is 6.54 Å². The summed E-state index contributed by atoms with van der Waals surface area (Å²) in [5.41, 5.74) is 4.13. The van der Waals surface area contributed by atoms with Gasteiger partial charge in [0.25, 0.3) is 0 Å². The summed E-state index contributed by atoms with van der Waals surface area (Å²) in [6, 6.07) is 22.2. The van der Waals surface area contributed by atoms with E-state index in [9.17, 15) is 0 Å². The molecule has 4 rings (SSSR count). The molecule has 2 aromatic rings. The minimum Gasteiger partial charge on any atom is -0.370 e. The topological polar surface area (TPSA) is 3.24 Å². The second kappa shape index (κ2) is 5.25. The molecule has 1 saturated carbocycles. The third kappa shape index (κ3) is 2.52. The van der Waals surface area contributed by atoms with E-state index >= 15 is 0 Å². The molecule has 1 fully saturated rings. The van der Waals surface area contributed by atoms with Gasteiger partial charge in [-0.05, 0) is 29.2 Å². The number of benzene rings is 2. The van der Waals surface area contributed by atoms with Crippen LogP contribution in [0.4, 0.5) is 0 Å². The molecule has 0 aromatic heterocycles. The molecule has 1 aliphatic heterocycles. The first-order valence-corrected chi connectivity index (χ1v) is 7.66. The Labute approximate surface area is 126 Å². The molecular formula is C20H19N. The second-order valence-corrected chi connectivity index (χ2v) is 5.86. The summed E-state index contributed by atoms with van der Waals surface area (Å²) in [6.07, 6.45) is 8.15. The molecule has 1 nitrogen and oxygen atoms in total. The molecule has 0 bridgehead atoms. The molecule has 2 aliphatic rings. The van der Waals surface area contributed by atoms with Crippen molar-refractivity contribution in [2.24, 2.45) is 0 Å². The second-order valence-electron chi connectivity index (χ2n) is 5.86. The molecule has 0 spiro atoms. The maximum atomic E-state index is 2.48. The van der Waals surface area contributed by atoms with Gasteiger partial charge < -0.3 is 4.90 Å². The molecule has 1 heterocycles. The molecule has 21 heavy (non-hydrogen) atoms. The Morgan fingerprint density at radius 2 is 1.57 bits per heavy atom. The van der Waals surface area contributed by atoms with Gasteiger partial charge in [-0.1, -0.05) is 66.7 Å². The Bertz CT molecular complexity index is 669. The van der Waals surface area contributed by atoms with E-state index in [1.807, 2.05) is 0 Å². The molecule has 0 saturated heterocycles. The van der Waals surface area contributed by atoms with E-state index in [1.165, 1.54) is 23.1 Å². The molecule has 1 aliphatic carbocycles. The quantitative estimate of drug-likeness (QED) is 0.798. The number of allylic oxidation sites excluding steroid dienone is 2. The van der Waals surface area contributed by atoms with E-state index < -0.39 is 0 Å². The van der Waals surface area contributed by atoms with Gasteiger partial charge in [0.2, 0.25) is 0 Å². The summed E-state index contributed by atoms with van der Waals surface area (Å²) < 4.78 is 0. The molecule has 2 unspecified atom stereocenters. The Morgan fingerprint density at radius 1 is 0.857 bits per heavy atom. The summed E-state index contributed by atoms with van der Waals surface area (Å²) in [5.74, 6) is 0.711. The summed E-state index contributed by atoms with van der Waals surface area (Å²) >= 11 is 0. The molecule has 0 amide bonds. The first-order chi connectivity index (χ1) is 10.4. The minimum absolute atomic E-state index is 0.678. The van der Waals surface area contributed by atoms with Crippen molar-refractivity contribution in [3.8, 4) is 0 Å². The highest BCUT2D eigenvalue weighted by Crippen LogP contribution is 2.45. The normalized spacial score (nSPS) is 23.8. The van der Waals surface area contributed by atoms with Crippen LogP contribution in [0.3, 0.4) is 0 Å². The van der Waals surface area contributed by atoms with Gasteiger partial charge in [-0.15, -0.1) is 0 Å². The fraction of sp³-hybridized carbons (Fsp3) is 0.200. The van der Waals surface area contributed by atoms with Gasteiger partial charge in [0, 0.05) is 24.7 Å². The van der Waals surface area contributed by atoms with Gasteiger partial charge in [0.05, 0.1) is 0 Å². The zero-order chi connectivity index (χ0) is 14.1. The van der Waals surface area contributed by atoms with E-state index in [-0.39, 0.29) is 0 Å². The van der Waals surface area contributed by atoms with Crippen molar-refractivity contribution >= 4 is 5.57 Å². The van der Waals surface area contributed by atoms with E-state index in [2.05, 4.69) is 83.9 Å². The molecule has 104 valence electrons. The van der Waals surface area contributed by atoms with Crippen LogP contribution in [0.15, 0.2) is 79.0 Å². The highest BCUT2D eigenvalue weighted by Gasteiger charge is 2.41. The molecule has 0 radical (unpaired) electrons. The third-order valence-electron chi connectivity index (χ3n) is 4.49. The van der Waals surface area contributed by atoms with Crippen LogP contribution in [0.1, 0.15) is 23.5 Å².